The molecule has 5 heteroatoms. The first-order chi connectivity index (χ1) is 13.1. The molecule has 4 aliphatic rings. The van der Waals surface area contributed by atoms with Crippen LogP contribution in [-0.2, 0) is 23.9 Å². The Morgan fingerprint density at radius 2 is 1.71 bits per heavy atom. The molecule has 0 aromatic rings. The second-order valence-electron chi connectivity index (χ2n) is 9.89. The van der Waals surface area contributed by atoms with E-state index in [9.17, 15) is 14.4 Å². The van der Waals surface area contributed by atoms with Gasteiger partial charge in [-0.25, -0.2) is 0 Å². The molecule has 4 aliphatic carbocycles. The molecule has 0 aromatic heterocycles. The predicted octanol–water partition coefficient (Wildman–Crippen LogP) is 4.14. The molecule has 0 spiro atoms. The van der Waals surface area contributed by atoms with Gasteiger partial charge in [0.05, 0.1) is 0 Å². The highest BCUT2D eigenvalue weighted by atomic mass is 16.5. The van der Waals surface area contributed by atoms with Crippen molar-refractivity contribution in [3.8, 4) is 0 Å². The van der Waals surface area contributed by atoms with Crippen LogP contribution in [0.3, 0.4) is 0 Å². The van der Waals surface area contributed by atoms with Gasteiger partial charge in [0.25, 0.3) is 0 Å². The Morgan fingerprint density at radius 3 is 2.39 bits per heavy atom. The second-order valence-corrected chi connectivity index (χ2v) is 9.89. The number of Topliss-reactive ketones (excluding diaryl/α,β-unsaturated/α-hetero) is 1. The maximum Gasteiger partial charge on any atom is 0.302 e. The topological polar surface area (TPSA) is 69.7 Å². The number of esters is 2. The highest BCUT2D eigenvalue weighted by Gasteiger charge is 2.59. The van der Waals surface area contributed by atoms with Gasteiger partial charge in [-0.1, -0.05) is 19.4 Å². The third-order valence-corrected chi connectivity index (χ3v) is 8.22. The number of hydrogen-bond acceptors (Lipinski definition) is 5. The maximum atomic E-state index is 13.4. The highest BCUT2D eigenvalue weighted by molar-refractivity contribution is 5.99. The van der Waals surface area contributed by atoms with Gasteiger partial charge in [-0.05, 0) is 62.2 Å². The first-order valence-electron chi connectivity index (χ1n) is 10.8. The second kappa shape index (κ2) is 6.70. The molecule has 0 aliphatic heterocycles. The van der Waals surface area contributed by atoms with Crippen molar-refractivity contribution < 1.29 is 23.9 Å². The summed E-state index contributed by atoms with van der Waals surface area (Å²) in [6, 6.07) is 0. The van der Waals surface area contributed by atoms with Crippen LogP contribution in [0.25, 0.3) is 0 Å². The van der Waals surface area contributed by atoms with Crippen LogP contribution in [0, 0.1) is 22.7 Å². The van der Waals surface area contributed by atoms with E-state index >= 15 is 0 Å². The number of carbonyl (C=O) groups excluding carboxylic acids is 3. The van der Waals surface area contributed by atoms with Gasteiger partial charge in [-0.2, -0.15) is 0 Å². The Labute approximate surface area is 167 Å². The van der Waals surface area contributed by atoms with Gasteiger partial charge in [0.15, 0.2) is 5.78 Å². The third kappa shape index (κ3) is 2.93. The summed E-state index contributed by atoms with van der Waals surface area (Å²) in [7, 11) is 0. The molecule has 0 radical (unpaired) electrons. The van der Waals surface area contributed by atoms with Crippen molar-refractivity contribution in [1.29, 1.82) is 0 Å². The minimum atomic E-state index is -0.264. The Balaban J connectivity index is 1.65. The summed E-state index contributed by atoms with van der Waals surface area (Å²) in [5.41, 5.74) is 2.05. The molecule has 0 unspecified atom stereocenters. The molecular weight excluding hydrogens is 356 g/mol. The maximum absolute atomic E-state index is 13.4. The lowest BCUT2D eigenvalue weighted by molar-refractivity contribution is -0.154. The summed E-state index contributed by atoms with van der Waals surface area (Å²) in [6.07, 6.45) is 6.73. The van der Waals surface area contributed by atoms with Gasteiger partial charge in [-0.3, -0.25) is 14.4 Å². The standard InChI is InChI=1S/C23H32O5/c1-13(24)27-16-9-10-22(3)15(11-16)5-6-17-18-7-8-20(28-14(2)25)23(18,4)12-19(26)21(17)22/h15-16,18,20H,5-12H2,1-4H3/t15-,16+,18-,20+,22-,23+/m0/s1. The number of rotatable bonds is 2. The van der Waals surface area contributed by atoms with Gasteiger partial charge >= 0.3 is 11.9 Å². The normalized spacial score (nSPS) is 42.4. The lowest BCUT2D eigenvalue weighted by atomic mass is 9.51. The average molecular weight is 389 g/mol. The van der Waals surface area contributed by atoms with Crippen molar-refractivity contribution in [1.82, 2.24) is 0 Å². The third-order valence-electron chi connectivity index (χ3n) is 8.22. The van der Waals surface area contributed by atoms with Gasteiger partial charge in [0.2, 0.25) is 0 Å². The van der Waals surface area contributed by atoms with Gasteiger partial charge < -0.3 is 9.47 Å². The first-order valence-corrected chi connectivity index (χ1v) is 10.8. The lowest BCUT2D eigenvalue weighted by Gasteiger charge is -2.53. The van der Waals surface area contributed by atoms with Gasteiger partial charge in [-0.15, -0.1) is 0 Å². The van der Waals surface area contributed by atoms with E-state index in [2.05, 4.69) is 13.8 Å². The summed E-state index contributed by atoms with van der Waals surface area (Å²) in [6.45, 7) is 7.33. The summed E-state index contributed by atoms with van der Waals surface area (Å²) in [5.74, 6) is 0.526. The van der Waals surface area contributed by atoms with E-state index in [-0.39, 0.29) is 40.8 Å². The van der Waals surface area contributed by atoms with Gasteiger partial charge in [0.1, 0.15) is 12.2 Å². The summed E-state index contributed by atoms with van der Waals surface area (Å²) >= 11 is 0. The van der Waals surface area contributed by atoms with Crippen molar-refractivity contribution in [3.63, 3.8) is 0 Å². The van der Waals surface area contributed by atoms with Crippen LogP contribution in [0.1, 0.15) is 79.1 Å². The van der Waals surface area contributed by atoms with E-state index in [0.717, 1.165) is 50.5 Å². The molecule has 0 amide bonds. The monoisotopic (exact) mass is 388 g/mol. The van der Waals surface area contributed by atoms with Crippen molar-refractivity contribution in [3.05, 3.63) is 11.1 Å². The Kier molecular flexibility index (Phi) is 4.71. The van der Waals surface area contributed by atoms with Crippen LogP contribution in [0.4, 0.5) is 0 Å². The van der Waals surface area contributed by atoms with Crippen molar-refractivity contribution in [2.75, 3.05) is 0 Å². The molecule has 0 heterocycles. The molecule has 154 valence electrons. The number of hydrogen-bond donors (Lipinski definition) is 0. The van der Waals surface area contributed by atoms with Crippen molar-refractivity contribution >= 4 is 17.7 Å². The molecule has 0 N–H and O–H groups in total. The van der Waals surface area contributed by atoms with Crippen LogP contribution < -0.4 is 0 Å². The minimum absolute atomic E-state index is 0.0125. The zero-order chi connectivity index (χ0) is 20.3. The number of carbonyl (C=O) groups is 3. The lowest BCUT2D eigenvalue weighted by Crippen LogP contribution is -2.50. The van der Waals surface area contributed by atoms with E-state index < -0.39 is 0 Å². The van der Waals surface area contributed by atoms with E-state index in [1.807, 2.05) is 0 Å². The summed E-state index contributed by atoms with van der Waals surface area (Å²) in [5, 5.41) is 0. The fourth-order valence-electron chi connectivity index (χ4n) is 6.97. The molecule has 2 fully saturated rings. The molecule has 6 atom stereocenters. The van der Waals surface area contributed by atoms with Crippen LogP contribution in [-0.4, -0.2) is 29.9 Å². The van der Waals surface area contributed by atoms with E-state index in [4.69, 9.17) is 9.47 Å². The SMILES string of the molecule is CC(=O)O[C@@H]1CC[C@]2(C)C3=C(CC[C@H]2C1)[C@@H]1CC[C@@H](OC(C)=O)[C@]1(C)CC3=O. The molecule has 28 heavy (non-hydrogen) atoms. The van der Waals surface area contributed by atoms with Crippen LogP contribution >= 0.6 is 0 Å². The predicted molar refractivity (Wildman–Crippen MR) is 103 cm³/mol. The molecule has 2 saturated carbocycles. The summed E-state index contributed by atoms with van der Waals surface area (Å²) in [4.78, 5) is 36.4. The van der Waals surface area contributed by atoms with Crippen molar-refractivity contribution in [2.45, 2.75) is 91.3 Å². The number of fused-ring (bicyclic) bond motifs is 4. The molecule has 4 rings (SSSR count). The minimum Gasteiger partial charge on any atom is -0.463 e. The summed E-state index contributed by atoms with van der Waals surface area (Å²) < 4.78 is 11.1. The number of allylic oxidation sites excluding steroid dienone is 2. The molecule has 0 bridgehead atoms. The number of ether oxygens (including phenoxy) is 2. The average Bonchev–Trinajstić information content (AvgIpc) is 2.90. The molecular formula is C23H32O5. The zero-order valence-corrected chi connectivity index (χ0v) is 17.5. The van der Waals surface area contributed by atoms with E-state index in [0.29, 0.717) is 18.3 Å². The largest absolute Gasteiger partial charge is 0.463 e. The fraction of sp³-hybridized carbons (Fsp3) is 0.783. The van der Waals surface area contributed by atoms with E-state index in [1.54, 1.807) is 0 Å². The first kappa shape index (κ1) is 19.7. The van der Waals surface area contributed by atoms with Crippen LogP contribution in [0.15, 0.2) is 11.1 Å². The Bertz CT molecular complexity index is 752. The zero-order valence-electron chi connectivity index (χ0n) is 17.5. The Morgan fingerprint density at radius 1 is 1.00 bits per heavy atom. The van der Waals surface area contributed by atoms with Crippen LogP contribution in [0.2, 0.25) is 0 Å². The number of ketones is 1. The molecule has 0 aromatic carbocycles. The smallest absolute Gasteiger partial charge is 0.302 e. The quantitative estimate of drug-likeness (QED) is 0.665. The fourth-order valence-corrected chi connectivity index (χ4v) is 6.97. The van der Waals surface area contributed by atoms with Crippen LogP contribution in [0.5, 0.6) is 0 Å². The Hall–Kier alpha value is -1.65. The van der Waals surface area contributed by atoms with Crippen molar-refractivity contribution in [2.24, 2.45) is 22.7 Å². The van der Waals surface area contributed by atoms with Gasteiger partial charge in [0, 0.05) is 31.3 Å². The van der Waals surface area contributed by atoms with E-state index in [1.165, 1.54) is 19.4 Å². The molecule has 0 saturated heterocycles. The highest BCUT2D eigenvalue weighted by Crippen LogP contribution is 2.63. The molecule has 5 nitrogen and oxygen atoms in total.